The first kappa shape index (κ1) is 19.3. The van der Waals surface area contributed by atoms with Crippen molar-refractivity contribution in [2.45, 2.75) is 0 Å². The molecular weight excluding hydrogens is 413 g/mol. The summed E-state index contributed by atoms with van der Waals surface area (Å²) in [6.07, 6.45) is 0. The maximum atomic E-state index is 11.9. The summed E-state index contributed by atoms with van der Waals surface area (Å²) >= 11 is 16.9. The molecule has 0 saturated carbocycles. The Bertz CT molecular complexity index is 866. The summed E-state index contributed by atoms with van der Waals surface area (Å²) in [4.78, 5) is 11.9. The molecule has 2 aromatic rings. The SMILES string of the molecule is O=C(COc1ccc(Cl)cc1Cl)NNC(=S)Nc1ccc2c(c1)OCCO2. The molecule has 0 saturated heterocycles. The molecule has 1 aliphatic rings. The van der Waals surface area contributed by atoms with Crippen molar-refractivity contribution in [3.63, 3.8) is 0 Å². The quantitative estimate of drug-likeness (QED) is 0.510. The van der Waals surface area contributed by atoms with Gasteiger partial charge < -0.3 is 19.5 Å². The van der Waals surface area contributed by atoms with Gasteiger partial charge in [0, 0.05) is 16.8 Å². The van der Waals surface area contributed by atoms with E-state index in [0.717, 1.165) is 0 Å². The van der Waals surface area contributed by atoms with Crippen molar-refractivity contribution in [2.75, 3.05) is 25.1 Å². The molecule has 7 nitrogen and oxygen atoms in total. The predicted octanol–water partition coefficient (Wildman–Crippen LogP) is 3.16. The molecule has 3 rings (SSSR count). The van der Waals surface area contributed by atoms with E-state index in [2.05, 4.69) is 16.2 Å². The van der Waals surface area contributed by atoms with Gasteiger partial charge in [-0.1, -0.05) is 23.2 Å². The summed E-state index contributed by atoms with van der Waals surface area (Å²) in [6.45, 7) is 0.767. The Hall–Kier alpha value is -2.42. The van der Waals surface area contributed by atoms with Crippen molar-refractivity contribution >= 4 is 52.1 Å². The molecule has 2 aromatic carbocycles. The molecule has 0 unspecified atom stereocenters. The Kier molecular flexibility index (Phi) is 6.44. The van der Waals surface area contributed by atoms with Gasteiger partial charge >= 0.3 is 0 Å². The van der Waals surface area contributed by atoms with E-state index >= 15 is 0 Å². The van der Waals surface area contributed by atoms with Crippen LogP contribution in [-0.4, -0.2) is 30.8 Å². The van der Waals surface area contributed by atoms with Gasteiger partial charge in [-0.2, -0.15) is 0 Å². The van der Waals surface area contributed by atoms with E-state index in [9.17, 15) is 4.79 Å². The lowest BCUT2D eigenvalue weighted by molar-refractivity contribution is -0.123. The Morgan fingerprint density at radius 3 is 2.63 bits per heavy atom. The van der Waals surface area contributed by atoms with Crippen LogP contribution in [0.25, 0.3) is 0 Å². The standard InChI is InChI=1S/C17H15Cl2N3O4S/c18-10-1-3-13(12(19)7-10)26-9-16(23)21-22-17(27)20-11-2-4-14-15(8-11)25-6-5-24-14/h1-4,7-8H,5-6,9H2,(H,21,23)(H2,20,22,27). The maximum absolute atomic E-state index is 11.9. The Labute approximate surface area is 170 Å². The van der Waals surface area contributed by atoms with Crippen molar-refractivity contribution < 1.29 is 19.0 Å². The number of hydrogen-bond donors (Lipinski definition) is 3. The van der Waals surface area contributed by atoms with Crippen LogP contribution >= 0.6 is 35.4 Å². The van der Waals surface area contributed by atoms with Crippen molar-refractivity contribution in [3.05, 3.63) is 46.4 Å². The van der Waals surface area contributed by atoms with Gasteiger partial charge in [0.05, 0.1) is 5.02 Å². The number of thiocarbonyl (C=S) groups is 1. The second-order valence-corrected chi connectivity index (χ2v) is 6.60. The average molecular weight is 428 g/mol. The van der Waals surface area contributed by atoms with Crippen LogP contribution in [0, 0.1) is 0 Å². The number of benzene rings is 2. The fourth-order valence-electron chi connectivity index (χ4n) is 2.18. The smallest absolute Gasteiger partial charge is 0.276 e. The zero-order valence-corrected chi connectivity index (χ0v) is 16.2. The Morgan fingerprint density at radius 1 is 1.07 bits per heavy atom. The number of hydrogen-bond acceptors (Lipinski definition) is 5. The number of ether oxygens (including phenoxy) is 3. The van der Waals surface area contributed by atoms with Crippen molar-refractivity contribution in [2.24, 2.45) is 0 Å². The molecule has 0 aliphatic carbocycles. The van der Waals surface area contributed by atoms with Gasteiger partial charge in [0.2, 0.25) is 0 Å². The van der Waals surface area contributed by atoms with Crippen molar-refractivity contribution in [1.82, 2.24) is 10.9 Å². The molecule has 10 heteroatoms. The highest BCUT2D eigenvalue weighted by Gasteiger charge is 2.12. The number of amides is 1. The van der Waals surface area contributed by atoms with Crippen LogP contribution in [-0.2, 0) is 4.79 Å². The van der Waals surface area contributed by atoms with E-state index in [4.69, 9.17) is 49.6 Å². The minimum absolute atomic E-state index is 0.199. The highest BCUT2D eigenvalue weighted by Crippen LogP contribution is 2.32. The first-order valence-corrected chi connectivity index (χ1v) is 9.01. The minimum atomic E-state index is -0.438. The fraction of sp³-hybridized carbons (Fsp3) is 0.176. The number of nitrogens with one attached hydrogen (secondary N) is 3. The van der Waals surface area contributed by atoms with Gasteiger partial charge in [-0.25, -0.2) is 0 Å². The van der Waals surface area contributed by atoms with Gasteiger partial charge in [0.1, 0.15) is 19.0 Å². The van der Waals surface area contributed by atoms with Gasteiger partial charge in [0.15, 0.2) is 23.2 Å². The highest BCUT2D eigenvalue weighted by atomic mass is 35.5. The molecule has 1 amide bonds. The first-order chi connectivity index (χ1) is 13.0. The fourth-order valence-corrected chi connectivity index (χ4v) is 2.81. The molecule has 142 valence electrons. The van der Waals surface area contributed by atoms with Crippen LogP contribution in [0.15, 0.2) is 36.4 Å². The number of hydrazine groups is 1. The van der Waals surface area contributed by atoms with Crippen LogP contribution in [0.2, 0.25) is 10.0 Å². The van der Waals surface area contributed by atoms with Crippen LogP contribution in [0.5, 0.6) is 17.2 Å². The lowest BCUT2D eigenvalue weighted by Crippen LogP contribution is -2.45. The third kappa shape index (κ3) is 5.53. The molecule has 0 aromatic heterocycles. The lowest BCUT2D eigenvalue weighted by Gasteiger charge is -2.19. The Morgan fingerprint density at radius 2 is 1.85 bits per heavy atom. The molecule has 1 aliphatic heterocycles. The Balaban J connectivity index is 1.44. The van der Waals surface area contributed by atoms with E-state index < -0.39 is 5.91 Å². The largest absolute Gasteiger partial charge is 0.486 e. The zero-order chi connectivity index (χ0) is 19.2. The summed E-state index contributed by atoms with van der Waals surface area (Å²) in [6, 6.07) is 10.1. The van der Waals surface area contributed by atoms with E-state index in [0.29, 0.717) is 46.2 Å². The third-order valence-electron chi connectivity index (χ3n) is 3.37. The zero-order valence-electron chi connectivity index (χ0n) is 13.9. The molecule has 0 bridgehead atoms. The van der Waals surface area contributed by atoms with Crippen molar-refractivity contribution in [1.29, 1.82) is 0 Å². The van der Waals surface area contributed by atoms with Crippen LogP contribution in [0.3, 0.4) is 0 Å². The van der Waals surface area contributed by atoms with Crippen LogP contribution < -0.4 is 30.4 Å². The normalized spacial score (nSPS) is 12.1. The number of anilines is 1. The number of halogens is 2. The molecular formula is C17H15Cl2N3O4S. The van der Waals surface area contributed by atoms with Crippen molar-refractivity contribution in [3.8, 4) is 17.2 Å². The molecule has 0 atom stereocenters. The molecule has 0 fully saturated rings. The maximum Gasteiger partial charge on any atom is 0.276 e. The van der Waals surface area contributed by atoms with Crippen LogP contribution in [0.1, 0.15) is 0 Å². The molecule has 0 radical (unpaired) electrons. The van der Waals surface area contributed by atoms with E-state index in [-0.39, 0.29) is 11.7 Å². The highest BCUT2D eigenvalue weighted by molar-refractivity contribution is 7.80. The van der Waals surface area contributed by atoms with Gasteiger partial charge in [-0.05, 0) is 42.5 Å². The molecule has 3 N–H and O–H groups in total. The summed E-state index contributed by atoms with van der Waals surface area (Å²) in [5.41, 5.74) is 5.70. The van der Waals surface area contributed by atoms with Gasteiger partial charge in [-0.15, -0.1) is 0 Å². The summed E-state index contributed by atoms with van der Waals surface area (Å²) in [5.74, 6) is 1.23. The van der Waals surface area contributed by atoms with Gasteiger partial charge in [0.25, 0.3) is 5.91 Å². The van der Waals surface area contributed by atoms with E-state index in [1.807, 2.05) is 0 Å². The minimum Gasteiger partial charge on any atom is -0.486 e. The van der Waals surface area contributed by atoms with E-state index in [1.165, 1.54) is 6.07 Å². The summed E-state index contributed by atoms with van der Waals surface area (Å²) in [5, 5.41) is 3.93. The monoisotopic (exact) mass is 427 g/mol. The molecule has 0 spiro atoms. The second-order valence-electron chi connectivity index (χ2n) is 5.35. The summed E-state index contributed by atoms with van der Waals surface area (Å²) in [7, 11) is 0. The van der Waals surface area contributed by atoms with Gasteiger partial charge in [-0.3, -0.25) is 15.6 Å². The molecule has 27 heavy (non-hydrogen) atoms. The van der Waals surface area contributed by atoms with E-state index in [1.54, 1.807) is 30.3 Å². The third-order valence-corrected chi connectivity index (χ3v) is 4.10. The summed E-state index contributed by atoms with van der Waals surface area (Å²) < 4.78 is 16.3. The molecule has 1 heterocycles. The number of carbonyl (C=O) groups excluding carboxylic acids is 1. The van der Waals surface area contributed by atoms with Crippen LogP contribution in [0.4, 0.5) is 5.69 Å². The lowest BCUT2D eigenvalue weighted by atomic mass is 10.2. The number of carbonyl (C=O) groups is 1. The number of rotatable bonds is 4. The average Bonchev–Trinajstić information content (AvgIpc) is 2.65. The first-order valence-electron chi connectivity index (χ1n) is 7.84. The number of fused-ring (bicyclic) bond motifs is 1. The second kappa shape index (κ2) is 8.98. The topological polar surface area (TPSA) is 80.9 Å². The predicted molar refractivity (Wildman–Crippen MR) is 107 cm³/mol.